The minimum atomic E-state index is -0.536. The van der Waals surface area contributed by atoms with Crippen molar-refractivity contribution in [2.75, 3.05) is 6.26 Å². The van der Waals surface area contributed by atoms with E-state index in [0.29, 0.717) is 22.3 Å². The number of furan rings is 1. The summed E-state index contributed by atoms with van der Waals surface area (Å²) in [6.45, 7) is 4.18. The summed E-state index contributed by atoms with van der Waals surface area (Å²) < 4.78 is 11.5. The molecular weight excluding hydrogens is 410 g/mol. The van der Waals surface area contributed by atoms with E-state index in [4.69, 9.17) is 8.83 Å². The van der Waals surface area contributed by atoms with Crippen LogP contribution < -0.4 is 5.43 Å². The highest BCUT2D eigenvalue weighted by atomic mass is 32.2. The van der Waals surface area contributed by atoms with Crippen molar-refractivity contribution in [2.24, 2.45) is 0 Å². The van der Waals surface area contributed by atoms with Crippen LogP contribution in [0.3, 0.4) is 0 Å². The van der Waals surface area contributed by atoms with Gasteiger partial charge in [-0.25, -0.2) is 0 Å². The zero-order chi connectivity index (χ0) is 21.7. The van der Waals surface area contributed by atoms with E-state index < -0.39 is 6.04 Å². The molecule has 0 saturated carbocycles. The van der Waals surface area contributed by atoms with Crippen LogP contribution in [0.2, 0.25) is 0 Å². The second kappa shape index (κ2) is 7.46. The number of fused-ring (bicyclic) bond motifs is 2. The minimum Gasteiger partial charge on any atom is -0.467 e. The summed E-state index contributed by atoms with van der Waals surface area (Å²) in [6, 6.07) is 14.7. The number of hydrogen-bond donors (Lipinski definition) is 0. The third kappa shape index (κ3) is 3.18. The smallest absolute Gasteiger partial charge is 0.291 e. The van der Waals surface area contributed by atoms with Gasteiger partial charge in [0.25, 0.3) is 5.91 Å². The Morgan fingerprint density at radius 1 is 1.03 bits per heavy atom. The second-order valence-electron chi connectivity index (χ2n) is 7.79. The summed E-state index contributed by atoms with van der Waals surface area (Å²) in [5.74, 6) is 0.462. The SMILES string of the molecule is CSc1ccc(C2c3c(oc4cc(C)c(C)cc4c3=O)C(=O)N2Cc2ccco2)cc1. The van der Waals surface area contributed by atoms with Gasteiger partial charge >= 0.3 is 0 Å². The van der Waals surface area contributed by atoms with Gasteiger partial charge in [-0.15, -0.1) is 11.8 Å². The fraction of sp³-hybridized carbons (Fsp3) is 0.200. The van der Waals surface area contributed by atoms with Crippen molar-refractivity contribution in [3.05, 3.63) is 98.8 Å². The number of carbonyl (C=O) groups excluding carboxylic acids is 1. The summed E-state index contributed by atoms with van der Waals surface area (Å²) in [5, 5.41) is 0.500. The quantitative estimate of drug-likeness (QED) is 0.401. The van der Waals surface area contributed by atoms with Crippen LogP contribution in [0.1, 0.15) is 44.6 Å². The number of nitrogens with zero attached hydrogens (tertiary/aromatic N) is 1. The molecule has 2 aromatic carbocycles. The monoisotopic (exact) mass is 431 g/mol. The number of rotatable bonds is 4. The van der Waals surface area contributed by atoms with Crippen LogP contribution in [-0.4, -0.2) is 17.1 Å². The predicted molar refractivity (Wildman–Crippen MR) is 121 cm³/mol. The fourth-order valence-corrected chi connectivity index (χ4v) is 4.55. The van der Waals surface area contributed by atoms with Gasteiger partial charge in [-0.2, -0.15) is 0 Å². The maximum absolute atomic E-state index is 13.6. The molecule has 0 spiro atoms. The molecule has 4 aromatic rings. The van der Waals surface area contributed by atoms with Crippen LogP contribution in [0.15, 0.2) is 73.3 Å². The van der Waals surface area contributed by atoms with Gasteiger partial charge in [-0.05, 0) is 73.2 Å². The van der Waals surface area contributed by atoms with E-state index in [1.54, 1.807) is 29.0 Å². The van der Waals surface area contributed by atoms with Gasteiger partial charge in [0.2, 0.25) is 5.76 Å². The van der Waals surface area contributed by atoms with Gasteiger partial charge in [0.1, 0.15) is 11.3 Å². The molecule has 1 atom stereocenters. The third-order valence-corrected chi connectivity index (χ3v) is 6.66. The highest BCUT2D eigenvalue weighted by Crippen LogP contribution is 2.39. The van der Waals surface area contributed by atoms with E-state index in [1.807, 2.05) is 62.6 Å². The van der Waals surface area contributed by atoms with Gasteiger partial charge in [-0.3, -0.25) is 9.59 Å². The van der Waals surface area contributed by atoms with E-state index in [2.05, 4.69) is 0 Å². The molecule has 0 N–H and O–H groups in total. The van der Waals surface area contributed by atoms with Crippen molar-refractivity contribution in [3.63, 3.8) is 0 Å². The molecule has 31 heavy (non-hydrogen) atoms. The standard InChI is InChI=1S/C25H21NO4S/c1-14-11-19-20(12-15(14)2)30-24-21(23(19)27)22(16-6-8-18(31-3)9-7-16)26(25(24)28)13-17-5-4-10-29-17/h4-12,22H,13H2,1-3H3. The van der Waals surface area contributed by atoms with E-state index >= 15 is 0 Å². The Labute approximate surface area is 183 Å². The molecule has 0 radical (unpaired) electrons. The molecule has 6 heteroatoms. The van der Waals surface area contributed by atoms with Crippen LogP contribution in [0.25, 0.3) is 11.0 Å². The van der Waals surface area contributed by atoms with Crippen LogP contribution in [0.4, 0.5) is 0 Å². The summed E-state index contributed by atoms with van der Waals surface area (Å²) in [5.41, 5.74) is 3.57. The Balaban J connectivity index is 1.74. The maximum Gasteiger partial charge on any atom is 0.291 e. The first kappa shape index (κ1) is 19.7. The largest absolute Gasteiger partial charge is 0.467 e. The minimum absolute atomic E-state index is 0.117. The molecule has 1 amide bonds. The Kier molecular flexibility index (Phi) is 4.74. The van der Waals surface area contributed by atoms with Crippen molar-refractivity contribution in [2.45, 2.75) is 31.3 Å². The zero-order valence-corrected chi connectivity index (χ0v) is 18.3. The van der Waals surface area contributed by atoms with Gasteiger partial charge in [0, 0.05) is 4.90 Å². The Bertz CT molecular complexity index is 1350. The number of hydrogen-bond acceptors (Lipinski definition) is 5. The summed E-state index contributed by atoms with van der Waals surface area (Å²) >= 11 is 1.64. The molecule has 156 valence electrons. The Morgan fingerprint density at radius 2 is 1.77 bits per heavy atom. The molecule has 3 heterocycles. The molecule has 2 aromatic heterocycles. The lowest BCUT2D eigenvalue weighted by Crippen LogP contribution is -2.29. The highest BCUT2D eigenvalue weighted by molar-refractivity contribution is 7.98. The molecule has 1 aliphatic rings. The van der Waals surface area contributed by atoms with Crippen LogP contribution in [0.5, 0.6) is 0 Å². The van der Waals surface area contributed by atoms with Crippen molar-refractivity contribution in [1.82, 2.24) is 4.90 Å². The zero-order valence-electron chi connectivity index (χ0n) is 17.5. The van der Waals surface area contributed by atoms with Gasteiger partial charge < -0.3 is 13.7 Å². The van der Waals surface area contributed by atoms with Crippen LogP contribution in [0, 0.1) is 13.8 Å². The van der Waals surface area contributed by atoms with Crippen molar-refractivity contribution in [3.8, 4) is 0 Å². The first-order valence-electron chi connectivity index (χ1n) is 10.0. The van der Waals surface area contributed by atoms with E-state index in [1.165, 1.54) is 0 Å². The summed E-state index contributed by atoms with van der Waals surface area (Å²) in [4.78, 5) is 29.8. The topological polar surface area (TPSA) is 63.7 Å². The number of aryl methyl sites for hydroxylation is 2. The number of benzene rings is 2. The van der Waals surface area contributed by atoms with Crippen molar-refractivity contribution >= 4 is 28.6 Å². The molecule has 0 fully saturated rings. The molecule has 0 saturated heterocycles. The average Bonchev–Trinajstić information content (AvgIpc) is 3.38. The predicted octanol–water partition coefficient (Wildman–Crippen LogP) is 5.47. The molecular formula is C25H21NO4S. The Hall–Kier alpha value is -3.25. The molecule has 1 unspecified atom stereocenters. The second-order valence-corrected chi connectivity index (χ2v) is 8.67. The van der Waals surface area contributed by atoms with Crippen molar-refractivity contribution in [1.29, 1.82) is 0 Å². The molecule has 5 rings (SSSR count). The number of thioether (sulfide) groups is 1. The number of carbonyl (C=O) groups is 1. The number of amides is 1. The average molecular weight is 432 g/mol. The fourth-order valence-electron chi connectivity index (χ4n) is 4.14. The summed E-state index contributed by atoms with van der Waals surface area (Å²) in [7, 11) is 0. The van der Waals surface area contributed by atoms with Crippen LogP contribution >= 0.6 is 11.8 Å². The highest BCUT2D eigenvalue weighted by Gasteiger charge is 2.43. The molecule has 5 nitrogen and oxygen atoms in total. The van der Waals surface area contributed by atoms with Crippen LogP contribution in [-0.2, 0) is 6.54 Å². The maximum atomic E-state index is 13.6. The summed E-state index contributed by atoms with van der Waals surface area (Å²) in [6.07, 6.45) is 3.59. The normalized spacial score (nSPS) is 15.6. The third-order valence-electron chi connectivity index (χ3n) is 5.92. The Morgan fingerprint density at radius 3 is 2.45 bits per heavy atom. The van der Waals surface area contributed by atoms with E-state index in [9.17, 15) is 9.59 Å². The van der Waals surface area contributed by atoms with Gasteiger partial charge in [0.15, 0.2) is 5.43 Å². The first-order valence-corrected chi connectivity index (χ1v) is 11.3. The van der Waals surface area contributed by atoms with Gasteiger partial charge in [0.05, 0.1) is 29.8 Å². The molecule has 0 aliphatic carbocycles. The van der Waals surface area contributed by atoms with E-state index in [-0.39, 0.29) is 23.6 Å². The van der Waals surface area contributed by atoms with E-state index in [0.717, 1.165) is 21.6 Å². The first-order chi connectivity index (χ1) is 15.0. The lowest BCUT2D eigenvalue weighted by atomic mass is 9.97. The lowest BCUT2D eigenvalue weighted by Gasteiger charge is -2.24. The molecule has 1 aliphatic heterocycles. The lowest BCUT2D eigenvalue weighted by molar-refractivity contribution is 0.0701. The van der Waals surface area contributed by atoms with Gasteiger partial charge in [-0.1, -0.05) is 12.1 Å². The molecule has 0 bridgehead atoms. The van der Waals surface area contributed by atoms with Crippen molar-refractivity contribution < 1.29 is 13.6 Å².